The van der Waals surface area contributed by atoms with Gasteiger partial charge in [0.1, 0.15) is 0 Å². The van der Waals surface area contributed by atoms with Crippen LogP contribution in [0.2, 0.25) is 0 Å². The Hall–Kier alpha value is -3.51. The summed E-state index contributed by atoms with van der Waals surface area (Å²) in [6.45, 7) is 3.34. The number of aryl methyl sites for hydroxylation is 1. The Morgan fingerprint density at radius 2 is 1.68 bits per heavy atom. The predicted octanol–water partition coefficient (Wildman–Crippen LogP) is 3.45. The quantitative estimate of drug-likeness (QED) is 0.277. The number of nitrogens with one attached hydrogen (secondary N) is 1. The molecule has 0 atom stereocenters. The largest absolute Gasteiger partial charge is 0.379 e. The number of fused-ring (bicyclic) bond motifs is 1. The number of anilines is 1. The topological polar surface area (TPSA) is 111 Å². The fraction of sp³-hybridized carbons (Fsp3) is 0.222. The average Bonchev–Trinajstić information content (AvgIpc) is 2.93. The summed E-state index contributed by atoms with van der Waals surface area (Å²) in [7, 11) is -3.61. The predicted molar refractivity (Wildman–Crippen MR) is 147 cm³/mol. The lowest BCUT2D eigenvalue weighted by atomic mass is 10.2. The molecule has 0 saturated carbocycles. The van der Waals surface area contributed by atoms with Gasteiger partial charge in [-0.05, 0) is 55.5 Å². The molecule has 1 aliphatic rings. The van der Waals surface area contributed by atoms with Gasteiger partial charge >= 0.3 is 0 Å². The number of carbonyl (C=O) groups is 1. The maximum absolute atomic E-state index is 13.3. The lowest BCUT2D eigenvalue weighted by molar-refractivity contribution is -0.113. The van der Waals surface area contributed by atoms with Gasteiger partial charge in [-0.25, -0.2) is 13.4 Å². The first kappa shape index (κ1) is 26.1. The van der Waals surface area contributed by atoms with Gasteiger partial charge in [-0.1, -0.05) is 41.6 Å². The van der Waals surface area contributed by atoms with Crippen LogP contribution < -0.4 is 10.9 Å². The SMILES string of the molecule is Cc1ccc(-n2c(SCC(=O)Nc3ccc(S(=O)(=O)N4CCOCC4)cc3)nc3ccccc3c2=O)cc1. The Bertz CT molecular complexity index is 1630. The highest BCUT2D eigenvalue weighted by Gasteiger charge is 2.26. The Labute approximate surface area is 224 Å². The lowest BCUT2D eigenvalue weighted by Crippen LogP contribution is -2.40. The summed E-state index contributed by atoms with van der Waals surface area (Å²) >= 11 is 1.15. The summed E-state index contributed by atoms with van der Waals surface area (Å²) in [4.78, 5) is 30.9. The Kier molecular flexibility index (Phi) is 7.61. The van der Waals surface area contributed by atoms with Gasteiger partial charge in [-0.3, -0.25) is 14.2 Å². The second-order valence-corrected chi connectivity index (χ2v) is 11.6. The zero-order chi connectivity index (χ0) is 26.7. The molecule has 196 valence electrons. The molecule has 1 aliphatic heterocycles. The van der Waals surface area contributed by atoms with E-state index in [-0.39, 0.29) is 22.1 Å². The zero-order valence-corrected chi connectivity index (χ0v) is 22.3. The molecule has 3 aromatic carbocycles. The molecule has 0 spiro atoms. The number of thioether (sulfide) groups is 1. The van der Waals surface area contributed by atoms with Gasteiger partial charge in [0.25, 0.3) is 5.56 Å². The van der Waals surface area contributed by atoms with Gasteiger partial charge in [-0.15, -0.1) is 0 Å². The fourth-order valence-electron chi connectivity index (χ4n) is 4.10. The van der Waals surface area contributed by atoms with Gasteiger partial charge in [0.15, 0.2) is 5.16 Å². The Morgan fingerprint density at radius 3 is 2.39 bits per heavy atom. The molecule has 5 rings (SSSR count). The lowest BCUT2D eigenvalue weighted by Gasteiger charge is -2.26. The van der Waals surface area contributed by atoms with Crippen LogP contribution in [0.25, 0.3) is 16.6 Å². The van der Waals surface area contributed by atoms with Gasteiger partial charge in [0.2, 0.25) is 15.9 Å². The van der Waals surface area contributed by atoms with Crippen molar-refractivity contribution in [2.75, 3.05) is 37.4 Å². The van der Waals surface area contributed by atoms with E-state index in [4.69, 9.17) is 4.74 Å². The molecule has 11 heteroatoms. The van der Waals surface area contributed by atoms with E-state index in [0.29, 0.717) is 53.7 Å². The minimum absolute atomic E-state index is 0.00443. The molecule has 0 bridgehead atoms. The molecule has 2 heterocycles. The molecule has 1 N–H and O–H groups in total. The summed E-state index contributed by atoms with van der Waals surface area (Å²) in [5.74, 6) is -0.304. The van der Waals surface area contributed by atoms with E-state index >= 15 is 0 Å². The summed E-state index contributed by atoms with van der Waals surface area (Å²) in [6.07, 6.45) is 0. The average molecular weight is 551 g/mol. The van der Waals surface area contributed by atoms with Gasteiger partial charge in [0, 0.05) is 18.8 Å². The number of hydrogen-bond acceptors (Lipinski definition) is 7. The normalized spacial score (nSPS) is 14.4. The number of para-hydroxylation sites is 1. The van der Waals surface area contributed by atoms with E-state index in [1.165, 1.54) is 21.0 Å². The molecule has 1 saturated heterocycles. The number of amides is 1. The summed E-state index contributed by atoms with van der Waals surface area (Å²) in [5.41, 5.74) is 2.55. The highest BCUT2D eigenvalue weighted by atomic mass is 32.2. The molecular weight excluding hydrogens is 524 g/mol. The molecule has 0 unspecified atom stereocenters. The van der Waals surface area contributed by atoms with Crippen LogP contribution in [0.4, 0.5) is 5.69 Å². The minimum atomic E-state index is -3.61. The molecule has 9 nitrogen and oxygen atoms in total. The maximum atomic E-state index is 13.3. The first-order valence-corrected chi connectivity index (χ1v) is 14.4. The monoisotopic (exact) mass is 550 g/mol. The van der Waals surface area contributed by atoms with Crippen LogP contribution in [-0.4, -0.2) is 60.2 Å². The Morgan fingerprint density at radius 1 is 1.00 bits per heavy atom. The molecule has 1 fully saturated rings. The van der Waals surface area contributed by atoms with Crippen molar-refractivity contribution in [3.05, 3.63) is 88.7 Å². The van der Waals surface area contributed by atoms with Crippen LogP contribution >= 0.6 is 11.8 Å². The molecule has 0 radical (unpaired) electrons. The van der Waals surface area contributed by atoms with Crippen molar-refractivity contribution in [2.45, 2.75) is 17.0 Å². The van der Waals surface area contributed by atoms with Crippen LogP contribution in [0, 0.1) is 6.92 Å². The minimum Gasteiger partial charge on any atom is -0.379 e. The highest BCUT2D eigenvalue weighted by Crippen LogP contribution is 2.23. The second kappa shape index (κ2) is 11.1. The van der Waals surface area contributed by atoms with Crippen LogP contribution in [0.5, 0.6) is 0 Å². The number of nitrogens with zero attached hydrogens (tertiary/aromatic N) is 3. The number of ether oxygens (including phenoxy) is 1. The molecule has 38 heavy (non-hydrogen) atoms. The Balaban J connectivity index is 1.32. The van der Waals surface area contributed by atoms with Crippen molar-refractivity contribution >= 4 is 44.3 Å². The number of benzene rings is 3. The van der Waals surface area contributed by atoms with Gasteiger partial charge in [0.05, 0.1) is 40.5 Å². The maximum Gasteiger partial charge on any atom is 0.266 e. The molecular formula is C27H26N4O5S2. The van der Waals surface area contributed by atoms with E-state index in [2.05, 4.69) is 10.3 Å². The first-order chi connectivity index (χ1) is 18.3. The van der Waals surface area contributed by atoms with Gasteiger partial charge < -0.3 is 10.1 Å². The second-order valence-electron chi connectivity index (χ2n) is 8.77. The number of morpholine rings is 1. The van der Waals surface area contributed by atoms with E-state index in [1.807, 2.05) is 37.3 Å². The third-order valence-electron chi connectivity index (χ3n) is 6.12. The smallest absolute Gasteiger partial charge is 0.266 e. The number of carbonyl (C=O) groups excluding carboxylic acids is 1. The molecule has 4 aromatic rings. The number of aromatic nitrogens is 2. The number of sulfonamides is 1. The fourth-order valence-corrected chi connectivity index (χ4v) is 6.32. The third-order valence-corrected chi connectivity index (χ3v) is 8.97. The summed E-state index contributed by atoms with van der Waals surface area (Å²) in [6, 6.07) is 20.7. The summed E-state index contributed by atoms with van der Waals surface area (Å²) in [5, 5.41) is 3.68. The van der Waals surface area contributed by atoms with Crippen molar-refractivity contribution in [3.63, 3.8) is 0 Å². The van der Waals surface area contributed by atoms with Crippen LogP contribution in [0.3, 0.4) is 0 Å². The standard InChI is InChI=1S/C27H26N4O5S2/c1-19-6-10-21(11-7-19)31-26(33)23-4-2-3-5-24(23)29-27(31)37-18-25(32)28-20-8-12-22(13-9-20)38(34,35)30-14-16-36-17-15-30/h2-13H,14-18H2,1H3,(H,28,32). The van der Waals surface area contributed by atoms with Crippen LogP contribution in [0.15, 0.2) is 87.6 Å². The van der Waals surface area contributed by atoms with Crippen LogP contribution in [0.1, 0.15) is 5.56 Å². The molecule has 1 aromatic heterocycles. The highest BCUT2D eigenvalue weighted by molar-refractivity contribution is 7.99. The molecule has 0 aliphatic carbocycles. The first-order valence-electron chi connectivity index (χ1n) is 12.0. The number of hydrogen-bond donors (Lipinski definition) is 1. The van der Waals surface area contributed by atoms with Crippen molar-refractivity contribution in [3.8, 4) is 5.69 Å². The van der Waals surface area contributed by atoms with E-state index < -0.39 is 10.0 Å². The van der Waals surface area contributed by atoms with E-state index in [0.717, 1.165) is 17.3 Å². The van der Waals surface area contributed by atoms with E-state index in [9.17, 15) is 18.0 Å². The van der Waals surface area contributed by atoms with Crippen molar-refractivity contribution in [2.24, 2.45) is 0 Å². The van der Waals surface area contributed by atoms with Crippen molar-refractivity contribution < 1.29 is 17.9 Å². The molecule has 1 amide bonds. The van der Waals surface area contributed by atoms with Crippen molar-refractivity contribution in [1.29, 1.82) is 0 Å². The van der Waals surface area contributed by atoms with Crippen molar-refractivity contribution in [1.82, 2.24) is 13.9 Å². The zero-order valence-electron chi connectivity index (χ0n) is 20.7. The van der Waals surface area contributed by atoms with Gasteiger partial charge in [-0.2, -0.15) is 4.31 Å². The third kappa shape index (κ3) is 5.51. The number of rotatable bonds is 7. The van der Waals surface area contributed by atoms with Crippen LogP contribution in [-0.2, 0) is 19.6 Å². The summed E-state index contributed by atoms with van der Waals surface area (Å²) < 4.78 is 33.8. The van der Waals surface area contributed by atoms with E-state index in [1.54, 1.807) is 30.3 Å².